The van der Waals surface area contributed by atoms with Gasteiger partial charge in [-0.3, -0.25) is 14.4 Å². The first-order valence-electron chi connectivity index (χ1n) is 9.04. The smallest absolute Gasteiger partial charge is 0.270 e. The number of hydrogen-bond donors (Lipinski definition) is 0. The van der Waals surface area contributed by atoms with Gasteiger partial charge in [0, 0.05) is 17.3 Å². The third kappa shape index (κ3) is 3.41. The van der Waals surface area contributed by atoms with E-state index in [-0.39, 0.29) is 17.8 Å². The molecule has 0 spiro atoms. The number of aromatic nitrogens is 3. The normalized spacial score (nSPS) is 10.9. The largest absolute Gasteiger partial charge is 0.285 e. The predicted octanol–water partition coefficient (Wildman–Crippen LogP) is 4.76. The van der Waals surface area contributed by atoms with Crippen molar-refractivity contribution >= 4 is 29.6 Å². The molecule has 0 saturated carbocycles. The number of halogens is 2. The highest BCUT2D eigenvalue weighted by Gasteiger charge is 2.16. The third-order valence-corrected chi connectivity index (χ3v) is 4.81. The highest BCUT2D eigenvalue weighted by molar-refractivity contribution is 5.74. The lowest BCUT2D eigenvalue weighted by molar-refractivity contribution is 0.544. The number of fused-ring (bicyclic) bond motifs is 1. The summed E-state index contributed by atoms with van der Waals surface area (Å²) in [7, 11) is 0. The van der Waals surface area contributed by atoms with Crippen molar-refractivity contribution in [2.45, 2.75) is 6.54 Å². The fraction of sp³-hybridized carbons (Fsp3) is 0.0435. The first-order valence-corrected chi connectivity index (χ1v) is 9.04. The van der Waals surface area contributed by atoms with E-state index in [1.165, 1.54) is 22.9 Å². The minimum Gasteiger partial charge on any atom is -0.285 e. The Kier molecular flexibility index (Phi) is 5.02. The molecule has 4 aromatic rings. The van der Waals surface area contributed by atoms with Crippen LogP contribution in [0.15, 0.2) is 71.2 Å². The van der Waals surface area contributed by atoms with E-state index in [0.29, 0.717) is 27.9 Å². The van der Waals surface area contributed by atoms with Gasteiger partial charge >= 0.3 is 0 Å². The summed E-state index contributed by atoms with van der Waals surface area (Å²) in [5.74, 6) is -1.52. The maximum Gasteiger partial charge on any atom is 0.270 e. The van der Waals surface area contributed by atoms with Crippen LogP contribution in [0.4, 0.5) is 14.5 Å². The summed E-state index contributed by atoms with van der Waals surface area (Å²) in [6.45, 7) is 6.92. The van der Waals surface area contributed by atoms with Crippen LogP contribution in [0.1, 0.15) is 11.1 Å². The van der Waals surface area contributed by atoms with Crippen molar-refractivity contribution < 1.29 is 8.78 Å². The topological polar surface area (TPSA) is 60.1 Å². The molecule has 30 heavy (non-hydrogen) atoms. The van der Waals surface area contributed by atoms with Crippen LogP contribution in [0.5, 0.6) is 0 Å². The number of hydrogen-bond acceptors (Lipinski definition) is 4. The van der Waals surface area contributed by atoms with Gasteiger partial charge < -0.3 is 0 Å². The highest BCUT2D eigenvalue weighted by Crippen LogP contribution is 2.30. The first-order chi connectivity index (χ1) is 14.5. The van der Waals surface area contributed by atoms with Crippen molar-refractivity contribution in [3.05, 3.63) is 94.6 Å². The minimum absolute atomic E-state index is 0.229. The van der Waals surface area contributed by atoms with Crippen molar-refractivity contribution in [1.82, 2.24) is 14.5 Å². The average Bonchev–Trinajstić information content (AvgIpc) is 2.76. The molecule has 2 aromatic heterocycles. The SMILES string of the molecule is C=Cc1cc(-c2cc(F)c(Cn3c(=O)cnc4cccnc43)c(F)c2)ccc1N=C. The van der Waals surface area contributed by atoms with Crippen LogP contribution in [0, 0.1) is 11.6 Å². The van der Waals surface area contributed by atoms with Crippen LogP contribution in [0.25, 0.3) is 28.4 Å². The lowest BCUT2D eigenvalue weighted by atomic mass is 9.99. The molecule has 7 heteroatoms. The quantitative estimate of drug-likeness (QED) is 0.452. The van der Waals surface area contributed by atoms with Crippen LogP contribution in [-0.4, -0.2) is 21.3 Å². The van der Waals surface area contributed by atoms with Gasteiger partial charge in [0.2, 0.25) is 0 Å². The van der Waals surface area contributed by atoms with E-state index in [9.17, 15) is 13.6 Å². The van der Waals surface area contributed by atoms with Crippen molar-refractivity contribution in [1.29, 1.82) is 0 Å². The summed E-state index contributed by atoms with van der Waals surface area (Å²) >= 11 is 0. The molecule has 0 bridgehead atoms. The second kappa shape index (κ2) is 7.79. The monoisotopic (exact) mass is 402 g/mol. The molecule has 0 amide bonds. The zero-order chi connectivity index (χ0) is 21.3. The van der Waals surface area contributed by atoms with Crippen LogP contribution in [0.3, 0.4) is 0 Å². The molecule has 0 radical (unpaired) electrons. The van der Waals surface area contributed by atoms with Gasteiger partial charge in [-0.25, -0.2) is 18.7 Å². The van der Waals surface area contributed by atoms with E-state index in [1.807, 2.05) is 0 Å². The maximum atomic E-state index is 14.9. The molecule has 2 heterocycles. The van der Waals surface area contributed by atoms with Crippen molar-refractivity contribution in [3.8, 4) is 11.1 Å². The Bertz CT molecular complexity index is 1340. The predicted molar refractivity (Wildman–Crippen MR) is 114 cm³/mol. The summed E-state index contributed by atoms with van der Waals surface area (Å²) in [6.07, 6.45) is 4.21. The summed E-state index contributed by atoms with van der Waals surface area (Å²) in [4.78, 5) is 24.3. The van der Waals surface area contributed by atoms with E-state index >= 15 is 0 Å². The molecule has 0 N–H and O–H groups in total. The molecule has 4 rings (SSSR count). The average molecular weight is 402 g/mol. The zero-order valence-corrected chi connectivity index (χ0v) is 15.8. The van der Waals surface area contributed by atoms with Gasteiger partial charge in [-0.05, 0) is 54.2 Å². The number of benzene rings is 2. The molecule has 0 fully saturated rings. The highest BCUT2D eigenvalue weighted by atomic mass is 19.1. The molecular formula is C23H16F2N4O. The molecule has 0 saturated heterocycles. The summed E-state index contributed by atoms with van der Waals surface area (Å²) in [5, 5.41) is 0. The van der Waals surface area contributed by atoms with Gasteiger partial charge in [-0.2, -0.15) is 0 Å². The summed E-state index contributed by atoms with van der Waals surface area (Å²) in [5.41, 5.74) is 2.29. The van der Waals surface area contributed by atoms with Crippen LogP contribution < -0.4 is 5.56 Å². The van der Waals surface area contributed by atoms with Gasteiger partial charge in [0.15, 0.2) is 5.65 Å². The molecule has 0 aliphatic heterocycles. The Morgan fingerprint density at radius 3 is 2.53 bits per heavy atom. The Hall–Kier alpha value is -4.00. The Labute approximate surface area is 170 Å². The fourth-order valence-electron chi connectivity index (χ4n) is 3.27. The molecule has 148 valence electrons. The van der Waals surface area contributed by atoms with Gasteiger partial charge in [-0.1, -0.05) is 18.7 Å². The van der Waals surface area contributed by atoms with E-state index in [0.717, 1.165) is 6.20 Å². The minimum atomic E-state index is -0.760. The standard InChI is InChI=1S/C23H16F2N4O/c1-3-14-9-15(6-7-20(14)26-2)16-10-18(24)17(19(25)11-16)13-29-22(30)12-28-21-5-4-8-27-23(21)29/h3-12H,1-2,13H2. The zero-order valence-electron chi connectivity index (χ0n) is 15.8. The van der Waals surface area contributed by atoms with Gasteiger partial charge in [0.1, 0.15) is 17.2 Å². The van der Waals surface area contributed by atoms with Gasteiger partial charge in [0.05, 0.1) is 18.4 Å². The molecule has 0 aliphatic rings. The number of nitrogens with zero attached hydrogens (tertiary/aromatic N) is 4. The lowest BCUT2D eigenvalue weighted by Crippen LogP contribution is -2.23. The van der Waals surface area contributed by atoms with Crippen molar-refractivity contribution in [3.63, 3.8) is 0 Å². The second-order valence-corrected chi connectivity index (χ2v) is 6.58. The number of aliphatic imine (C=N–C) groups is 1. The van der Waals surface area contributed by atoms with E-state index in [4.69, 9.17) is 0 Å². The molecule has 0 unspecified atom stereocenters. The Morgan fingerprint density at radius 1 is 1.07 bits per heavy atom. The molecule has 5 nitrogen and oxygen atoms in total. The van der Waals surface area contributed by atoms with E-state index in [1.54, 1.807) is 36.4 Å². The summed E-state index contributed by atoms with van der Waals surface area (Å²) in [6, 6.07) is 11.0. The van der Waals surface area contributed by atoms with Gasteiger partial charge in [0.25, 0.3) is 5.56 Å². The van der Waals surface area contributed by atoms with E-state index in [2.05, 4.69) is 28.3 Å². The molecule has 2 aromatic carbocycles. The lowest BCUT2D eigenvalue weighted by Gasteiger charge is -2.12. The van der Waals surface area contributed by atoms with Crippen LogP contribution in [-0.2, 0) is 6.54 Å². The number of rotatable bonds is 5. The molecular weight excluding hydrogens is 386 g/mol. The molecule has 0 atom stereocenters. The Morgan fingerprint density at radius 2 is 1.83 bits per heavy atom. The second-order valence-electron chi connectivity index (χ2n) is 6.58. The first kappa shape index (κ1) is 19.3. The summed E-state index contributed by atoms with van der Waals surface area (Å²) < 4.78 is 31.0. The van der Waals surface area contributed by atoms with Crippen LogP contribution in [0.2, 0.25) is 0 Å². The maximum absolute atomic E-state index is 14.9. The van der Waals surface area contributed by atoms with Crippen LogP contribution >= 0.6 is 0 Å². The fourth-order valence-corrected chi connectivity index (χ4v) is 3.27. The van der Waals surface area contributed by atoms with Gasteiger partial charge in [-0.15, -0.1) is 0 Å². The number of pyridine rings is 1. The molecule has 0 aliphatic carbocycles. The van der Waals surface area contributed by atoms with E-state index < -0.39 is 17.2 Å². The van der Waals surface area contributed by atoms with Crippen molar-refractivity contribution in [2.75, 3.05) is 0 Å². The van der Waals surface area contributed by atoms with Crippen molar-refractivity contribution in [2.24, 2.45) is 4.99 Å². The Balaban J connectivity index is 1.78. The third-order valence-electron chi connectivity index (χ3n) is 4.81.